The van der Waals surface area contributed by atoms with Crippen LogP contribution in [0.5, 0.6) is 5.75 Å². The average molecular weight is 265 g/mol. The van der Waals surface area contributed by atoms with E-state index in [1.807, 2.05) is 45.0 Å². The molecule has 0 radical (unpaired) electrons. The maximum atomic E-state index is 11.5. The number of carbonyl (C=O) groups excluding carboxylic acids is 1. The Kier molecular flexibility index (Phi) is 6.36. The summed E-state index contributed by atoms with van der Waals surface area (Å²) in [6.07, 6.45) is 0.702. The molecule has 0 aliphatic heterocycles. The zero-order valence-corrected chi connectivity index (χ0v) is 12.1. The van der Waals surface area contributed by atoms with Crippen LogP contribution in [0.2, 0.25) is 0 Å². The topological polar surface area (TPSA) is 47.6 Å². The minimum atomic E-state index is -0.272. The summed E-state index contributed by atoms with van der Waals surface area (Å²) in [5.74, 6) is 0.638. The van der Waals surface area contributed by atoms with Crippen LogP contribution in [0.3, 0.4) is 0 Å². The van der Waals surface area contributed by atoms with Crippen LogP contribution in [0, 0.1) is 0 Å². The quantitative estimate of drug-likeness (QED) is 0.770. The Balaban J connectivity index is 2.66. The van der Waals surface area contributed by atoms with E-state index in [-0.39, 0.29) is 18.1 Å². The summed E-state index contributed by atoms with van der Waals surface area (Å²) in [5.41, 5.74) is 1.12. The van der Waals surface area contributed by atoms with Gasteiger partial charge in [-0.1, -0.05) is 19.1 Å². The summed E-state index contributed by atoms with van der Waals surface area (Å²) in [4.78, 5) is 11.5. The van der Waals surface area contributed by atoms with Gasteiger partial charge in [0.2, 0.25) is 0 Å². The first-order chi connectivity index (χ1) is 9.12. The molecule has 0 aromatic heterocycles. The van der Waals surface area contributed by atoms with Gasteiger partial charge in [0.05, 0.1) is 13.7 Å². The standard InChI is InChI=1S/C15H23NO3/c1-5-14(15(17)18-4)16-11(3)12-7-9-13(10-8-12)19-6-2/h7-11,14,16H,5-6H2,1-4H3. The van der Waals surface area contributed by atoms with Crippen LogP contribution >= 0.6 is 0 Å². The Morgan fingerprint density at radius 3 is 2.37 bits per heavy atom. The number of rotatable bonds is 7. The molecular formula is C15H23NO3. The molecule has 19 heavy (non-hydrogen) atoms. The number of hydrogen-bond donors (Lipinski definition) is 1. The molecule has 0 aliphatic rings. The molecule has 0 aliphatic carbocycles. The molecule has 0 amide bonds. The number of methoxy groups -OCH3 is 1. The monoisotopic (exact) mass is 265 g/mol. The van der Waals surface area contributed by atoms with E-state index in [0.29, 0.717) is 13.0 Å². The molecule has 1 aromatic carbocycles. The molecule has 0 fully saturated rings. The van der Waals surface area contributed by atoms with Gasteiger partial charge in [-0.25, -0.2) is 0 Å². The molecule has 2 atom stereocenters. The van der Waals surface area contributed by atoms with Crippen molar-refractivity contribution in [3.8, 4) is 5.75 Å². The first kappa shape index (κ1) is 15.5. The third kappa shape index (κ3) is 4.56. The largest absolute Gasteiger partial charge is 0.494 e. The van der Waals surface area contributed by atoms with Crippen molar-refractivity contribution >= 4 is 5.97 Å². The molecule has 0 heterocycles. The van der Waals surface area contributed by atoms with E-state index in [4.69, 9.17) is 9.47 Å². The maximum Gasteiger partial charge on any atom is 0.322 e. The summed E-state index contributed by atoms with van der Waals surface area (Å²) >= 11 is 0. The predicted molar refractivity (Wildman–Crippen MR) is 75.3 cm³/mol. The first-order valence-corrected chi connectivity index (χ1v) is 6.69. The first-order valence-electron chi connectivity index (χ1n) is 6.69. The van der Waals surface area contributed by atoms with Crippen molar-refractivity contribution < 1.29 is 14.3 Å². The summed E-state index contributed by atoms with van der Waals surface area (Å²) in [7, 11) is 1.41. The second kappa shape index (κ2) is 7.79. The number of benzene rings is 1. The highest BCUT2D eigenvalue weighted by atomic mass is 16.5. The van der Waals surface area contributed by atoms with Gasteiger partial charge in [0.15, 0.2) is 0 Å². The molecule has 0 spiro atoms. The Bertz CT molecular complexity index is 389. The smallest absolute Gasteiger partial charge is 0.322 e. The number of esters is 1. The molecular weight excluding hydrogens is 242 g/mol. The van der Waals surface area contributed by atoms with E-state index in [1.165, 1.54) is 7.11 Å². The third-order valence-corrected chi connectivity index (χ3v) is 3.04. The summed E-state index contributed by atoms with van der Waals surface area (Å²) in [5, 5.41) is 3.27. The van der Waals surface area contributed by atoms with Crippen molar-refractivity contribution in [1.29, 1.82) is 0 Å². The molecule has 0 saturated carbocycles. The van der Waals surface area contributed by atoms with Crippen molar-refractivity contribution in [2.75, 3.05) is 13.7 Å². The van der Waals surface area contributed by atoms with Gasteiger partial charge in [0.1, 0.15) is 11.8 Å². The Morgan fingerprint density at radius 1 is 1.26 bits per heavy atom. The fraction of sp³-hybridized carbons (Fsp3) is 0.533. The summed E-state index contributed by atoms with van der Waals surface area (Å²) < 4.78 is 10.2. The van der Waals surface area contributed by atoms with Gasteiger partial charge >= 0.3 is 5.97 Å². The van der Waals surface area contributed by atoms with E-state index in [1.54, 1.807) is 0 Å². The predicted octanol–water partition coefficient (Wildman–Crippen LogP) is 2.69. The van der Waals surface area contributed by atoms with Gasteiger partial charge in [0.25, 0.3) is 0 Å². The van der Waals surface area contributed by atoms with Crippen molar-refractivity contribution in [1.82, 2.24) is 5.32 Å². The van der Waals surface area contributed by atoms with Crippen LogP contribution in [0.1, 0.15) is 38.8 Å². The third-order valence-electron chi connectivity index (χ3n) is 3.04. The normalized spacial score (nSPS) is 13.7. The number of carbonyl (C=O) groups is 1. The molecule has 1 N–H and O–H groups in total. The molecule has 4 heteroatoms. The van der Waals surface area contributed by atoms with E-state index < -0.39 is 0 Å². The van der Waals surface area contributed by atoms with Gasteiger partial charge < -0.3 is 9.47 Å². The molecule has 106 valence electrons. The minimum absolute atomic E-state index is 0.0831. The number of nitrogens with one attached hydrogen (secondary N) is 1. The van der Waals surface area contributed by atoms with E-state index in [0.717, 1.165) is 11.3 Å². The lowest BCUT2D eigenvalue weighted by Crippen LogP contribution is -2.38. The SMILES string of the molecule is CCOc1ccc(C(C)NC(CC)C(=O)OC)cc1. The van der Waals surface area contributed by atoms with Crippen LogP contribution in [-0.2, 0) is 9.53 Å². The van der Waals surface area contributed by atoms with Crippen molar-refractivity contribution in [3.05, 3.63) is 29.8 Å². The van der Waals surface area contributed by atoms with E-state index >= 15 is 0 Å². The van der Waals surface area contributed by atoms with Gasteiger partial charge in [-0.3, -0.25) is 10.1 Å². The molecule has 2 unspecified atom stereocenters. The van der Waals surface area contributed by atoms with Crippen LogP contribution in [0.4, 0.5) is 0 Å². The molecule has 1 rings (SSSR count). The van der Waals surface area contributed by atoms with Gasteiger partial charge in [-0.15, -0.1) is 0 Å². The molecule has 0 saturated heterocycles. The average Bonchev–Trinajstić information content (AvgIpc) is 2.44. The highest BCUT2D eigenvalue weighted by Crippen LogP contribution is 2.18. The van der Waals surface area contributed by atoms with Crippen LogP contribution in [-0.4, -0.2) is 25.7 Å². The summed E-state index contributed by atoms with van der Waals surface area (Å²) in [6.45, 7) is 6.61. The van der Waals surface area contributed by atoms with Crippen molar-refractivity contribution in [2.24, 2.45) is 0 Å². The van der Waals surface area contributed by atoms with E-state index in [9.17, 15) is 4.79 Å². The zero-order valence-electron chi connectivity index (χ0n) is 12.1. The van der Waals surface area contributed by atoms with Gasteiger partial charge in [-0.2, -0.15) is 0 Å². The lowest BCUT2D eigenvalue weighted by molar-refractivity contribution is -0.143. The highest BCUT2D eigenvalue weighted by molar-refractivity contribution is 5.75. The summed E-state index contributed by atoms with van der Waals surface area (Å²) in [6, 6.07) is 7.71. The Labute approximate surface area is 115 Å². The minimum Gasteiger partial charge on any atom is -0.494 e. The molecule has 1 aromatic rings. The number of ether oxygens (including phenoxy) is 2. The van der Waals surface area contributed by atoms with Gasteiger partial charge in [0, 0.05) is 6.04 Å². The highest BCUT2D eigenvalue weighted by Gasteiger charge is 2.19. The number of hydrogen-bond acceptors (Lipinski definition) is 4. The van der Waals surface area contributed by atoms with Crippen molar-refractivity contribution in [3.63, 3.8) is 0 Å². The van der Waals surface area contributed by atoms with Crippen LogP contribution in [0.15, 0.2) is 24.3 Å². The lowest BCUT2D eigenvalue weighted by Gasteiger charge is -2.20. The second-order valence-electron chi connectivity index (χ2n) is 4.37. The molecule has 4 nitrogen and oxygen atoms in total. The fourth-order valence-corrected chi connectivity index (χ4v) is 1.91. The van der Waals surface area contributed by atoms with Crippen LogP contribution in [0.25, 0.3) is 0 Å². The van der Waals surface area contributed by atoms with Crippen molar-refractivity contribution in [2.45, 2.75) is 39.3 Å². The van der Waals surface area contributed by atoms with E-state index in [2.05, 4.69) is 5.32 Å². The second-order valence-corrected chi connectivity index (χ2v) is 4.37. The lowest BCUT2D eigenvalue weighted by atomic mass is 10.1. The Hall–Kier alpha value is -1.55. The van der Waals surface area contributed by atoms with Crippen LogP contribution < -0.4 is 10.1 Å². The molecule has 0 bridgehead atoms. The fourth-order valence-electron chi connectivity index (χ4n) is 1.91. The van der Waals surface area contributed by atoms with Gasteiger partial charge in [-0.05, 0) is 38.0 Å². The Morgan fingerprint density at radius 2 is 1.89 bits per heavy atom. The maximum absolute atomic E-state index is 11.5. The zero-order chi connectivity index (χ0) is 14.3.